The van der Waals surface area contributed by atoms with Crippen LogP contribution in [-0.4, -0.2) is 25.1 Å². The molecular formula is C18H21F2IN4. The first kappa shape index (κ1) is 19.4. The van der Waals surface area contributed by atoms with Crippen LogP contribution in [0.25, 0.3) is 0 Å². The Bertz CT molecular complexity index is 766. The zero-order valence-electron chi connectivity index (χ0n) is 13.9. The number of halogens is 3. The molecular weight excluding hydrogens is 437 g/mol. The lowest BCUT2D eigenvalue weighted by Crippen LogP contribution is -2.35. The number of nitrogens with two attached hydrogens (primary N) is 1. The molecule has 0 fully saturated rings. The van der Waals surface area contributed by atoms with Crippen molar-refractivity contribution < 1.29 is 8.78 Å². The maximum absolute atomic E-state index is 13.6. The third-order valence-corrected chi connectivity index (χ3v) is 4.17. The van der Waals surface area contributed by atoms with E-state index in [-0.39, 0.29) is 41.7 Å². The van der Waals surface area contributed by atoms with Gasteiger partial charge < -0.3 is 16.0 Å². The second kappa shape index (κ2) is 8.46. The Morgan fingerprint density at radius 2 is 2.04 bits per heavy atom. The molecule has 0 aromatic heterocycles. The molecule has 0 spiro atoms. The van der Waals surface area contributed by atoms with Crippen LogP contribution in [0.4, 0.5) is 20.2 Å². The predicted molar refractivity (Wildman–Crippen MR) is 109 cm³/mol. The van der Waals surface area contributed by atoms with Crippen LogP contribution in [0.3, 0.4) is 0 Å². The Labute approximate surface area is 163 Å². The first-order valence-electron chi connectivity index (χ1n) is 7.91. The highest BCUT2D eigenvalue weighted by Gasteiger charge is 2.22. The van der Waals surface area contributed by atoms with Crippen molar-refractivity contribution in [2.24, 2.45) is 10.7 Å². The van der Waals surface area contributed by atoms with E-state index in [1.165, 1.54) is 11.3 Å². The summed E-state index contributed by atoms with van der Waals surface area (Å²) >= 11 is 0. The molecule has 0 radical (unpaired) electrons. The molecule has 1 aliphatic rings. The molecule has 0 aliphatic carbocycles. The van der Waals surface area contributed by atoms with Crippen molar-refractivity contribution in [1.29, 1.82) is 0 Å². The summed E-state index contributed by atoms with van der Waals surface area (Å²) in [6.45, 7) is 3.48. The number of nitrogens with zero attached hydrogens (tertiary/aromatic N) is 2. The number of fused-ring (bicyclic) bond motifs is 1. The molecule has 3 N–H and O–H groups in total. The van der Waals surface area contributed by atoms with Gasteiger partial charge >= 0.3 is 0 Å². The van der Waals surface area contributed by atoms with Gasteiger partial charge in [0.2, 0.25) is 0 Å². The summed E-state index contributed by atoms with van der Waals surface area (Å²) in [4.78, 5) is 6.55. The third-order valence-electron chi connectivity index (χ3n) is 4.17. The Morgan fingerprint density at radius 3 is 2.84 bits per heavy atom. The van der Waals surface area contributed by atoms with Gasteiger partial charge in [0.15, 0.2) is 5.96 Å². The fourth-order valence-corrected chi connectivity index (χ4v) is 2.92. The molecule has 4 nitrogen and oxygen atoms in total. The second-order valence-electron chi connectivity index (χ2n) is 5.90. The van der Waals surface area contributed by atoms with Gasteiger partial charge in [0.1, 0.15) is 11.6 Å². The predicted octanol–water partition coefficient (Wildman–Crippen LogP) is 3.76. The van der Waals surface area contributed by atoms with E-state index >= 15 is 0 Å². The molecule has 2 aromatic carbocycles. The van der Waals surface area contributed by atoms with Gasteiger partial charge in [0.25, 0.3) is 0 Å². The van der Waals surface area contributed by atoms with Gasteiger partial charge in [-0.2, -0.15) is 0 Å². The maximum atomic E-state index is 13.6. The quantitative estimate of drug-likeness (QED) is 0.417. The Kier molecular flexibility index (Phi) is 6.57. The lowest BCUT2D eigenvalue weighted by atomic mass is 10.2. The van der Waals surface area contributed by atoms with Crippen LogP contribution in [0.1, 0.15) is 12.5 Å². The molecule has 2 aromatic rings. The second-order valence-corrected chi connectivity index (χ2v) is 5.90. The molecule has 1 aliphatic heterocycles. The number of aliphatic imine (C=N–C) groups is 1. The molecule has 0 bridgehead atoms. The standard InChI is InChI=1S/C18H20F2N4.HI/c1-12(24-9-8-13-4-2-3-5-17(13)24)11-22-18(21)23-16-10-14(19)6-7-15(16)20;/h2-7,10,12H,8-9,11H2,1H3,(H3,21,22,23);1H. The van der Waals surface area contributed by atoms with E-state index in [0.29, 0.717) is 6.54 Å². The van der Waals surface area contributed by atoms with Gasteiger partial charge in [-0.3, -0.25) is 4.99 Å². The van der Waals surface area contributed by atoms with E-state index in [1.807, 2.05) is 12.1 Å². The maximum Gasteiger partial charge on any atom is 0.193 e. The van der Waals surface area contributed by atoms with Crippen molar-refractivity contribution >= 4 is 41.3 Å². The largest absolute Gasteiger partial charge is 0.370 e. The Morgan fingerprint density at radius 1 is 1.28 bits per heavy atom. The lowest BCUT2D eigenvalue weighted by Gasteiger charge is -2.26. The Balaban J connectivity index is 0.00000225. The van der Waals surface area contributed by atoms with Gasteiger partial charge in [0.05, 0.1) is 12.2 Å². The smallest absolute Gasteiger partial charge is 0.193 e. The first-order valence-corrected chi connectivity index (χ1v) is 7.91. The number of hydrogen-bond acceptors (Lipinski definition) is 2. The molecule has 1 unspecified atom stereocenters. The van der Waals surface area contributed by atoms with Crippen LogP contribution in [0.5, 0.6) is 0 Å². The fraction of sp³-hybridized carbons (Fsp3) is 0.278. The van der Waals surface area contributed by atoms with E-state index in [0.717, 1.165) is 31.2 Å². The summed E-state index contributed by atoms with van der Waals surface area (Å²) in [5.41, 5.74) is 8.34. The van der Waals surface area contributed by atoms with E-state index in [2.05, 4.69) is 34.3 Å². The van der Waals surface area contributed by atoms with Crippen LogP contribution in [0.2, 0.25) is 0 Å². The third kappa shape index (κ3) is 4.59. The van der Waals surface area contributed by atoms with Crippen LogP contribution in [0.15, 0.2) is 47.5 Å². The SMILES string of the molecule is CC(CN=C(N)Nc1cc(F)ccc1F)N1CCc2ccccc21.I. The van der Waals surface area contributed by atoms with Crippen molar-refractivity contribution in [2.75, 3.05) is 23.3 Å². The van der Waals surface area contributed by atoms with Crippen LogP contribution >= 0.6 is 24.0 Å². The van der Waals surface area contributed by atoms with Crippen LogP contribution < -0.4 is 16.0 Å². The summed E-state index contributed by atoms with van der Waals surface area (Å²) < 4.78 is 26.8. The minimum Gasteiger partial charge on any atom is -0.370 e. The summed E-state index contributed by atoms with van der Waals surface area (Å²) in [6.07, 6.45) is 1.02. The summed E-state index contributed by atoms with van der Waals surface area (Å²) in [6, 6.07) is 11.6. The monoisotopic (exact) mass is 458 g/mol. The Hall–Kier alpha value is -1.90. The molecule has 7 heteroatoms. The number of hydrogen-bond donors (Lipinski definition) is 2. The van der Waals surface area contributed by atoms with E-state index < -0.39 is 11.6 Å². The number of nitrogens with one attached hydrogen (secondary N) is 1. The van der Waals surface area contributed by atoms with Crippen molar-refractivity contribution in [3.05, 3.63) is 59.7 Å². The molecule has 25 heavy (non-hydrogen) atoms. The van der Waals surface area contributed by atoms with E-state index in [9.17, 15) is 8.78 Å². The van der Waals surface area contributed by atoms with E-state index in [4.69, 9.17) is 5.73 Å². The number of anilines is 2. The zero-order chi connectivity index (χ0) is 17.1. The highest BCUT2D eigenvalue weighted by molar-refractivity contribution is 14.0. The molecule has 1 heterocycles. The molecule has 1 atom stereocenters. The van der Waals surface area contributed by atoms with Gasteiger partial charge in [-0.25, -0.2) is 8.78 Å². The van der Waals surface area contributed by atoms with Crippen molar-refractivity contribution in [3.8, 4) is 0 Å². The summed E-state index contributed by atoms with van der Waals surface area (Å²) in [7, 11) is 0. The molecule has 0 amide bonds. The van der Waals surface area contributed by atoms with E-state index in [1.54, 1.807) is 0 Å². The summed E-state index contributed by atoms with van der Waals surface area (Å²) in [5, 5.41) is 2.61. The lowest BCUT2D eigenvalue weighted by molar-refractivity contribution is 0.604. The van der Waals surface area contributed by atoms with Gasteiger partial charge in [-0.15, -0.1) is 24.0 Å². The van der Waals surface area contributed by atoms with Crippen molar-refractivity contribution in [3.63, 3.8) is 0 Å². The molecule has 0 saturated heterocycles. The molecule has 0 saturated carbocycles. The topological polar surface area (TPSA) is 53.6 Å². The van der Waals surface area contributed by atoms with Crippen molar-refractivity contribution in [2.45, 2.75) is 19.4 Å². The zero-order valence-corrected chi connectivity index (χ0v) is 16.2. The normalized spacial score (nSPS) is 14.7. The first-order chi connectivity index (χ1) is 11.5. The fourth-order valence-electron chi connectivity index (χ4n) is 2.92. The highest BCUT2D eigenvalue weighted by atomic mass is 127. The number of guanidine groups is 1. The van der Waals surface area contributed by atoms with Gasteiger partial charge in [0, 0.05) is 24.3 Å². The summed E-state index contributed by atoms with van der Waals surface area (Å²) in [5.74, 6) is -1.04. The van der Waals surface area contributed by atoms with Crippen LogP contribution in [-0.2, 0) is 6.42 Å². The van der Waals surface area contributed by atoms with Gasteiger partial charge in [-0.1, -0.05) is 18.2 Å². The van der Waals surface area contributed by atoms with Gasteiger partial charge in [-0.05, 0) is 37.1 Å². The highest BCUT2D eigenvalue weighted by Crippen LogP contribution is 2.29. The molecule has 3 rings (SSSR count). The average Bonchev–Trinajstić information content (AvgIpc) is 3.00. The number of benzene rings is 2. The molecule has 134 valence electrons. The average molecular weight is 458 g/mol. The van der Waals surface area contributed by atoms with Crippen molar-refractivity contribution in [1.82, 2.24) is 0 Å². The minimum absolute atomic E-state index is 0. The number of para-hydroxylation sites is 1. The minimum atomic E-state index is -0.573. The number of rotatable bonds is 4. The van der Waals surface area contributed by atoms with Crippen LogP contribution in [0, 0.1) is 11.6 Å².